The summed E-state index contributed by atoms with van der Waals surface area (Å²) in [6.45, 7) is 5.42. The first-order chi connectivity index (χ1) is 13.0. The molecule has 0 saturated heterocycles. The van der Waals surface area contributed by atoms with E-state index in [0.29, 0.717) is 17.1 Å². The van der Waals surface area contributed by atoms with Crippen molar-refractivity contribution in [2.24, 2.45) is 5.73 Å². The third kappa shape index (κ3) is 3.42. The van der Waals surface area contributed by atoms with Crippen LogP contribution >= 0.6 is 0 Å². The van der Waals surface area contributed by atoms with Gasteiger partial charge < -0.3 is 29.4 Å². The Hall–Kier alpha value is -3.16. The summed E-state index contributed by atoms with van der Waals surface area (Å²) in [5.74, 6) is -0.811. The van der Waals surface area contributed by atoms with Crippen LogP contribution < -0.4 is 15.2 Å². The Bertz CT molecular complexity index is 800. The summed E-state index contributed by atoms with van der Waals surface area (Å²) in [5, 5.41) is 0. The number of ether oxygens (including phenoxy) is 5. The lowest BCUT2D eigenvalue weighted by atomic mass is 9.82. The van der Waals surface area contributed by atoms with Gasteiger partial charge in [-0.15, -0.1) is 0 Å². The van der Waals surface area contributed by atoms with Gasteiger partial charge in [0.2, 0.25) is 12.7 Å². The summed E-state index contributed by atoms with van der Waals surface area (Å²) in [4.78, 5) is 25.2. The maximum atomic E-state index is 12.6. The molecule has 2 N–H and O–H groups in total. The van der Waals surface area contributed by atoms with Crippen molar-refractivity contribution in [3.05, 3.63) is 46.6 Å². The van der Waals surface area contributed by atoms with Crippen molar-refractivity contribution in [2.75, 3.05) is 20.0 Å². The van der Waals surface area contributed by atoms with Gasteiger partial charge in [-0.1, -0.05) is 6.07 Å². The Balaban J connectivity index is 2.14. The topological polar surface area (TPSA) is 106 Å². The second-order valence-electron chi connectivity index (χ2n) is 5.84. The molecule has 27 heavy (non-hydrogen) atoms. The van der Waals surface area contributed by atoms with Crippen molar-refractivity contribution in [2.45, 2.75) is 26.7 Å². The minimum Gasteiger partial charge on any atom is -0.463 e. The minimum absolute atomic E-state index is 0.0457. The Kier molecular flexibility index (Phi) is 5.25. The van der Waals surface area contributed by atoms with Gasteiger partial charge in [0.25, 0.3) is 0 Å². The predicted octanol–water partition coefficient (Wildman–Crippen LogP) is 2.10. The molecule has 0 unspecified atom stereocenters. The van der Waals surface area contributed by atoms with Gasteiger partial charge in [0.15, 0.2) is 11.5 Å². The number of allylic oxidation sites excluding steroid dienone is 1. The molecule has 0 aliphatic carbocycles. The Morgan fingerprint density at radius 2 is 1.70 bits per heavy atom. The molecule has 0 amide bonds. The molecule has 0 spiro atoms. The number of carbonyl (C=O) groups excluding carboxylic acids is 2. The highest BCUT2D eigenvalue weighted by Crippen LogP contribution is 2.43. The van der Waals surface area contributed by atoms with Gasteiger partial charge in [-0.05, 0) is 38.5 Å². The van der Waals surface area contributed by atoms with Gasteiger partial charge in [-0.2, -0.15) is 0 Å². The van der Waals surface area contributed by atoms with Crippen LogP contribution in [0, 0.1) is 0 Å². The van der Waals surface area contributed by atoms with Gasteiger partial charge in [0.05, 0.1) is 24.7 Å². The van der Waals surface area contributed by atoms with Crippen LogP contribution in [0.4, 0.5) is 0 Å². The quantitative estimate of drug-likeness (QED) is 0.780. The van der Waals surface area contributed by atoms with Crippen LogP contribution in [0.25, 0.3) is 0 Å². The second kappa shape index (κ2) is 7.61. The fourth-order valence-corrected chi connectivity index (χ4v) is 3.09. The third-order valence-electron chi connectivity index (χ3n) is 4.21. The summed E-state index contributed by atoms with van der Waals surface area (Å²) in [6.07, 6.45) is 0. The summed E-state index contributed by atoms with van der Waals surface area (Å²) >= 11 is 0. The van der Waals surface area contributed by atoms with Crippen LogP contribution in [-0.2, 0) is 23.8 Å². The lowest BCUT2D eigenvalue weighted by Gasteiger charge is -2.28. The minimum atomic E-state index is -0.814. The highest BCUT2D eigenvalue weighted by Gasteiger charge is 2.40. The smallest absolute Gasteiger partial charge is 0.340 e. The highest BCUT2D eigenvalue weighted by molar-refractivity contribution is 5.99. The Morgan fingerprint density at radius 1 is 1.07 bits per heavy atom. The largest absolute Gasteiger partial charge is 0.463 e. The zero-order valence-electron chi connectivity index (χ0n) is 15.4. The summed E-state index contributed by atoms with van der Waals surface area (Å²) in [7, 11) is 0. The highest BCUT2D eigenvalue weighted by atomic mass is 16.7. The van der Waals surface area contributed by atoms with Crippen LogP contribution in [0.2, 0.25) is 0 Å². The number of hydrogen-bond donors (Lipinski definition) is 1. The normalized spacial score (nSPS) is 18.3. The number of nitrogens with two attached hydrogens (primary N) is 1. The van der Waals surface area contributed by atoms with E-state index in [0.717, 1.165) is 0 Å². The van der Waals surface area contributed by atoms with E-state index in [1.807, 2.05) is 0 Å². The number of carbonyl (C=O) groups is 2. The predicted molar refractivity (Wildman–Crippen MR) is 93.6 cm³/mol. The second-order valence-corrected chi connectivity index (χ2v) is 5.84. The van der Waals surface area contributed by atoms with E-state index >= 15 is 0 Å². The first-order valence-electron chi connectivity index (χ1n) is 8.59. The summed E-state index contributed by atoms with van der Waals surface area (Å²) in [6, 6.07) is 5.16. The average molecular weight is 375 g/mol. The fraction of sp³-hybridized carbons (Fsp3) is 0.368. The number of fused-ring (bicyclic) bond motifs is 1. The number of rotatable bonds is 5. The molecular weight excluding hydrogens is 354 g/mol. The van der Waals surface area contributed by atoms with E-state index in [1.54, 1.807) is 39.0 Å². The molecule has 2 aliphatic heterocycles. The molecule has 8 heteroatoms. The molecule has 3 rings (SSSR count). The van der Waals surface area contributed by atoms with Crippen LogP contribution in [0.5, 0.6) is 11.5 Å². The van der Waals surface area contributed by atoms with Gasteiger partial charge in [0, 0.05) is 0 Å². The van der Waals surface area contributed by atoms with Crippen molar-refractivity contribution < 1.29 is 33.3 Å². The van der Waals surface area contributed by atoms with E-state index < -0.39 is 17.9 Å². The lowest BCUT2D eigenvalue weighted by molar-refractivity contribution is -0.140. The molecule has 0 radical (unpaired) electrons. The molecule has 8 nitrogen and oxygen atoms in total. The number of esters is 2. The number of benzene rings is 1. The maximum Gasteiger partial charge on any atom is 0.340 e. The Labute approximate surface area is 156 Å². The SMILES string of the molecule is CCOC(=O)C1=C(C)OC(N)=C(C(=O)OCC)[C@H]1c1ccc2c(c1)OCO2. The van der Waals surface area contributed by atoms with Crippen LogP contribution in [0.15, 0.2) is 41.0 Å². The van der Waals surface area contributed by atoms with Crippen LogP contribution in [0.1, 0.15) is 32.3 Å². The molecular formula is C19H21NO7. The van der Waals surface area contributed by atoms with E-state index in [9.17, 15) is 9.59 Å². The molecule has 1 aromatic rings. The summed E-state index contributed by atoms with van der Waals surface area (Å²) < 4.78 is 26.5. The molecule has 0 bridgehead atoms. The lowest BCUT2D eigenvalue weighted by Crippen LogP contribution is -2.30. The van der Waals surface area contributed by atoms with E-state index in [-0.39, 0.29) is 42.8 Å². The van der Waals surface area contributed by atoms with Gasteiger partial charge in [-0.3, -0.25) is 0 Å². The van der Waals surface area contributed by atoms with Crippen LogP contribution in [-0.4, -0.2) is 31.9 Å². The molecule has 0 saturated carbocycles. The first-order valence-corrected chi connectivity index (χ1v) is 8.59. The van der Waals surface area contributed by atoms with Gasteiger partial charge in [-0.25, -0.2) is 9.59 Å². The molecule has 2 aliphatic rings. The van der Waals surface area contributed by atoms with Crippen molar-refractivity contribution >= 4 is 11.9 Å². The zero-order valence-corrected chi connectivity index (χ0v) is 15.4. The van der Waals surface area contributed by atoms with Crippen molar-refractivity contribution in [1.29, 1.82) is 0 Å². The third-order valence-corrected chi connectivity index (χ3v) is 4.21. The molecule has 1 atom stereocenters. The van der Waals surface area contributed by atoms with Crippen molar-refractivity contribution in [1.82, 2.24) is 0 Å². The fourth-order valence-electron chi connectivity index (χ4n) is 3.09. The monoisotopic (exact) mass is 375 g/mol. The zero-order chi connectivity index (χ0) is 19.6. The molecule has 1 aromatic carbocycles. The molecule has 2 heterocycles. The number of hydrogen-bond acceptors (Lipinski definition) is 8. The molecule has 0 fully saturated rings. The molecule has 144 valence electrons. The summed E-state index contributed by atoms with van der Waals surface area (Å²) in [5.41, 5.74) is 6.83. The van der Waals surface area contributed by atoms with Gasteiger partial charge in [0.1, 0.15) is 11.3 Å². The van der Waals surface area contributed by atoms with Crippen molar-refractivity contribution in [3.8, 4) is 11.5 Å². The molecule has 0 aromatic heterocycles. The van der Waals surface area contributed by atoms with Crippen molar-refractivity contribution in [3.63, 3.8) is 0 Å². The first kappa shape index (κ1) is 18.6. The van der Waals surface area contributed by atoms with E-state index in [1.165, 1.54) is 0 Å². The standard InChI is InChI=1S/C19H21NO7/c1-4-23-18(21)14-10(3)27-17(20)16(19(22)24-5-2)15(14)11-6-7-12-13(8-11)26-9-25-12/h6-8,15H,4-5,9,20H2,1-3H3/t15-/m0/s1. The van der Waals surface area contributed by atoms with Gasteiger partial charge >= 0.3 is 11.9 Å². The Morgan fingerprint density at radius 3 is 2.37 bits per heavy atom. The van der Waals surface area contributed by atoms with Crippen LogP contribution in [0.3, 0.4) is 0 Å². The van der Waals surface area contributed by atoms with E-state index in [4.69, 9.17) is 29.4 Å². The van der Waals surface area contributed by atoms with E-state index in [2.05, 4.69) is 0 Å². The average Bonchev–Trinajstić information content (AvgIpc) is 3.08. The maximum absolute atomic E-state index is 12.6.